The van der Waals surface area contributed by atoms with Crippen molar-refractivity contribution in [3.05, 3.63) is 4.91 Å². The van der Waals surface area contributed by atoms with Crippen LogP contribution in [-0.4, -0.2) is 6.54 Å². The highest BCUT2D eigenvalue weighted by atomic mass is 16.3. The normalized spacial score (nSPS) is 22.9. The van der Waals surface area contributed by atoms with E-state index in [0.717, 1.165) is 0 Å². The zero-order valence-corrected chi connectivity index (χ0v) is 12.0. The molecule has 2 heteroatoms. The van der Waals surface area contributed by atoms with Gasteiger partial charge >= 0.3 is 0 Å². The Bertz CT molecular complexity index is 178. The second-order valence-electron chi connectivity index (χ2n) is 6.00. The smallest absolute Gasteiger partial charge is 0.0839 e. The van der Waals surface area contributed by atoms with Gasteiger partial charge in [-0.2, -0.15) is 4.91 Å². The molecule has 18 heavy (non-hydrogen) atoms. The topological polar surface area (TPSA) is 29.4 Å². The van der Waals surface area contributed by atoms with Gasteiger partial charge < -0.3 is 0 Å². The summed E-state index contributed by atoms with van der Waals surface area (Å²) in [7, 11) is 0. The molecule has 0 atom stereocenters. The van der Waals surface area contributed by atoms with Crippen molar-refractivity contribution >= 4 is 0 Å². The molecular weight excluding hydrogens is 222 g/mol. The lowest BCUT2D eigenvalue weighted by atomic mass is 9.94. The molecule has 1 saturated carbocycles. The molecule has 0 aromatic heterocycles. The standard InChI is InChI=1S/C16H31NO/c18-17-15-16-13-11-9-7-5-3-1-2-4-6-8-10-12-14-16/h16H,1-15H2. The first-order valence-electron chi connectivity index (χ1n) is 8.22. The number of hydrogen-bond donors (Lipinski definition) is 0. The Kier molecular flexibility index (Phi) is 10.2. The summed E-state index contributed by atoms with van der Waals surface area (Å²) in [4.78, 5) is 10.4. The van der Waals surface area contributed by atoms with Crippen LogP contribution in [0.4, 0.5) is 0 Å². The van der Waals surface area contributed by atoms with E-state index in [4.69, 9.17) is 0 Å². The summed E-state index contributed by atoms with van der Waals surface area (Å²) in [6.45, 7) is 0.556. The summed E-state index contributed by atoms with van der Waals surface area (Å²) in [5.41, 5.74) is 0. The fraction of sp³-hybridized carbons (Fsp3) is 1.00. The van der Waals surface area contributed by atoms with E-state index in [1.54, 1.807) is 0 Å². The maximum Gasteiger partial charge on any atom is 0.0839 e. The first-order valence-corrected chi connectivity index (χ1v) is 8.22. The van der Waals surface area contributed by atoms with Crippen LogP contribution >= 0.6 is 0 Å². The second-order valence-corrected chi connectivity index (χ2v) is 6.00. The first kappa shape index (κ1) is 15.7. The van der Waals surface area contributed by atoms with E-state index in [9.17, 15) is 4.91 Å². The van der Waals surface area contributed by atoms with E-state index < -0.39 is 0 Å². The van der Waals surface area contributed by atoms with Crippen LogP contribution in [0.25, 0.3) is 0 Å². The number of rotatable bonds is 2. The molecule has 0 bridgehead atoms. The molecule has 0 unspecified atom stereocenters. The molecule has 0 aliphatic heterocycles. The molecule has 0 spiro atoms. The Morgan fingerprint density at radius 2 is 0.944 bits per heavy atom. The lowest BCUT2D eigenvalue weighted by Crippen LogP contribution is -2.04. The van der Waals surface area contributed by atoms with Gasteiger partial charge in [0.2, 0.25) is 0 Å². The number of nitrogens with zero attached hydrogens (tertiary/aromatic N) is 1. The molecule has 0 N–H and O–H groups in total. The zero-order valence-electron chi connectivity index (χ0n) is 12.0. The van der Waals surface area contributed by atoms with E-state index in [0.29, 0.717) is 12.5 Å². The highest BCUT2D eigenvalue weighted by Crippen LogP contribution is 2.20. The number of nitroso groups, excluding NO2 is 1. The molecule has 1 fully saturated rings. The van der Waals surface area contributed by atoms with Crippen molar-refractivity contribution in [3.8, 4) is 0 Å². The van der Waals surface area contributed by atoms with Gasteiger partial charge in [-0.15, -0.1) is 0 Å². The van der Waals surface area contributed by atoms with Crippen molar-refractivity contribution in [3.63, 3.8) is 0 Å². The predicted molar refractivity (Wildman–Crippen MR) is 78.8 cm³/mol. The van der Waals surface area contributed by atoms with Crippen molar-refractivity contribution < 1.29 is 0 Å². The van der Waals surface area contributed by atoms with Gasteiger partial charge in [0.05, 0.1) is 6.54 Å². The largest absolute Gasteiger partial charge is 0.151 e. The quantitative estimate of drug-likeness (QED) is 0.568. The highest BCUT2D eigenvalue weighted by Gasteiger charge is 2.08. The van der Waals surface area contributed by atoms with Crippen LogP contribution in [0, 0.1) is 10.8 Å². The molecule has 0 aromatic carbocycles. The Balaban J connectivity index is 2.22. The van der Waals surface area contributed by atoms with Gasteiger partial charge in [0.15, 0.2) is 0 Å². The van der Waals surface area contributed by atoms with Crippen LogP contribution < -0.4 is 0 Å². The fourth-order valence-electron chi connectivity index (χ4n) is 3.07. The first-order chi connectivity index (χ1) is 8.93. The van der Waals surface area contributed by atoms with E-state index in [1.165, 1.54) is 89.9 Å². The lowest BCUT2D eigenvalue weighted by Gasteiger charge is -2.12. The Morgan fingerprint density at radius 3 is 1.28 bits per heavy atom. The van der Waals surface area contributed by atoms with Crippen LogP contribution in [-0.2, 0) is 0 Å². The van der Waals surface area contributed by atoms with Gasteiger partial charge in [0.25, 0.3) is 0 Å². The third kappa shape index (κ3) is 8.66. The minimum atomic E-state index is 0.556. The van der Waals surface area contributed by atoms with Gasteiger partial charge in [-0.3, -0.25) is 0 Å². The lowest BCUT2D eigenvalue weighted by molar-refractivity contribution is 0.413. The van der Waals surface area contributed by atoms with Crippen molar-refractivity contribution in [2.24, 2.45) is 11.1 Å². The summed E-state index contributed by atoms with van der Waals surface area (Å²) >= 11 is 0. The van der Waals surface area contributed by atoms with E-state index in [-0.39, 0.29) is 0 Å². The summed E-state index contributed by atoms with van der Waals surface area (Å²) in [5.74, 6) is 0.577. The molecular formula is C16H31NO. The molecule has 106 valence electrons. The second kappa shape index (κ2) is 11.7. The van der Waals surface area contributed by atoms with E-state index >= 15 is 0 Å². The van der Waals surface area contributed by atoms with Gasteiger partial charge in [0.1, 0.15) is 0 Å². The SMILES string of the molecule is O=NCC1CCCCCCCCCCCCCC1. The van der Waals surface area contributed by atoms with Gasteiger partial charge in [0, 0.05) is 0 Å². The Hall–Kier alpha value is -0.400. The van der Waals surface area contributed by atoms with E-state index in [1.807, 2.05) is 0 Å². The average Bonchev–Trinajstić information content (AvgIpc) is 2.39. The van der Waals surface area contributed by atoms with Crippen LogP contribution in [0.2, 0.25) is 0 Å². The monoisotopic (exact) mass is 253 g/mol. The summed E-state index contributed by atoms with van der Waals surface area (Å²) in [6.07, 6.45) is 19.1. The van der Waals surface area contributed by atoms with Gasteiger partial charge in [-0.1, -0.05) is 82.2 Å². The van der Waals surface area contributed by atoms with Crippen LogP contribution in [0.15, 0.2) is 5.18 Å². The maximum absolute atomic E-state index is 10.4. The molecule has 0 radical (unpaired) electrons. The summed E-state index contributed by atoms with van der Waals surface area (Å²) < 4.78 is 0. The van der Waals surface area contributed by atoms with E-state index in [2.05, 4.69) is 5.18 Å². The third-order valence-corrected chi connectivity index (χ3v) is 4.31. The fourth-order valence-corrected chi connectivity index (χ4v) is 3.07. The zero-order chi connectivity index (χ0) is 12.9. The summed E-state index contributed by atoms with van der Waals surface area (Å²) in [5, 5.41) is 3.13. The highest BCUT2D eigenvalue weighted by molar-refractivity contribution is 4.63. The van der Waals surface area contributed by atoms with Gasteiger partial charge in [-0.25, -0.2) is 0 Å². The molecule has 0 saturated heterocycles. The summed E-state index contributed by atoms with van der Waals surface area (Å²) in [6, 6.07) is 0. The number of hydrogen-bond acceptors (Lipinski definition) is 2. The van der Waals surface area contributed by atoms with Crippen molar-refractivity contribution in [2.75, 3.05) is 6.54 Å². The minimum Gasteiger partial charge on any atom is -0.151 e. The van der Waals surface area contributed by atoms with Gasteiger partial charge in [-0.05, 0) is 18.8 Å². The molecule has 0 heterocycles. The van der Waals surface area contributed by atoms with Crippen LogP contribution in [0.1, 0.15) is 89.9 Å². The molecule has 1 aliphatic carbocycles. The molecule has 2 nitrogen and oxygen atoms in total. The van der Waals surface area contributed by atoms with Crippen molar-refractivity contribution in [1.82, 2.24) is 0 Å². The minimum absolute atomic E-state index is 0.556. The average molecular weight is 253 g/mol. The third-order valence-electron chi connectivity index (χ3n) is 4.31. The van der Waals surface area contributed by atoms with Crippen LogP contribution in [0.5, 0.6) is 0 Å². The van der Waals surface area contributed by atoms with Crippen LogP contribution in [0.3, 0.4) is 0 Å². The maximum atomic E-state index is 10.4. The van der Waals surface area contributed by atoms with Crippen molar-refractivity contribution in [2.45, 2.75) is 89.9 Å². The molecule has 1 rings (SSSR count). The molecule has 0 amide bonds. The van der Waals surface area contributed by atoms with Crippen molar-refractivity contribution in [1.29, 1.82) is 0 Å². The predicted octanol–water partition coefficient (Wildman–Crippen LogP) is 5.84. The Labute approximate surface area is 113 Å². The molecule has 1 aliphatic rings. The Morgan fingerprint density at radius 1 is 0.611 bits per heavy atom. The molecule has 0 aromatic rings.